The molecule has 0 saturated carbocycles. The minimum atomic E-state index is -5.62. The van der Waals surface area contributed by atoms with E-state index < -0.39 is 74.2 Å². The first-order chi connectivity index (χ1) is 30.1. The van der Waals surface area contributed by atoms with Crippen LogP contribution >= 0.6 is 0 Å². The van der Waals surface area contributed by atoms with Crippen LogP contribution in [0.15, 0.2) is 95.9 Å². The van der Waals surface area contributed by atoms with Crippen molar-refractivity contribution in [3.63, 3.8) is 0 Å². The fourth-order valence-corrected chi connectivity index (χ4v) is 6.37. The number of rotatable bonds is 17. The minimum absolute atomic E-state index is 0.0118. The molecule has 0 saturated heterocycles. The molecule has 0 aliphatic carbocycles. The second kappa shape index (κ2) is 20.8. The van der Waals surface area contributed by atoms with Gasteiger partial charge in [-0.3, -0.25) is 4.55 Å². The quantitative estimate of drug-likeness (QED) is 0.0309. The molecule has 0 aliphatic heterocycles. The van der Waals surface area contributed by atoms with Gasteiger partial charge in [-0.1, -0.05) is 36.4 Å². The first-order valence-corrected chi connectivity index (χ1v) is 21.0. The predicted octanol–water partition coefficient (Wildman–Crippen LogP) is 10.6. The lowest BCUT2D eigenvalue weighted by Gasteiger charge is -2.18. The van der Waals surface area contributed by atoms with Gasteiger partial charge in [0.2, 0.25) is 11.6 Å². The van der Waals surface area contributed by atoms with Crippen LogP contribution in [-0.2, 0) is 29.1 Å². The van der Waals surface area contributed by atoms with E-state index in [1.807, 2.05) is 42.5 Å². The molecular formula is C46H46F4O13S. The molecular weight excluding hydrogens is 869 g/mol. The lowest BCUT2D eigenvalue weighted by molar-refractivity contribution is -0.0124. The maximum Gasteiger partial charge on any atom is 0.508 e. The fraction of sp³-hybridized carbons (Fsp3) is 0.304. The molecule has 0 radical (unpaired) electrons. The van der Waals surface area contributed by atoms with Crippen molar-refractivity contribution in [2.45, 2.75) is 57.6 Å². The van der Waals surface area contributed by atoms with Gasteiger partial charge in [0.25, 0.3) is 0 Å². The summed E-state index contributed by atoms with van der Waals surface area (Å²) in [6, 6.07) is 27.4. The second-order valence-electron chi connectivity index (χ2n) is 15.8. The molecule has 0 spiro atoms. The molecule has 0 unspecified atom stereocenters. The number of ether oxygens (including phenoxy) is 8. The highest BCUT2D eigenvalue weighted by Crippen LogP contribution is 2.36. The Bertz CT molecular complexity index is 2390. The van der Waals surface area contributed by atoms with Gasteiger partial charge in [-0.05, 0) is 130 Å². The zero-order valence-electron chi connectivity index (χ0n) is 35.7. The number of carbonyl (C=O) groups excluding carboxylic acids is 2. The Kier molecular flexibility index (Phi) is 15.7. The van der Waals surface area contributed by atoms with Gasteiger partial charge >= 0.3 is 22.4 Å². The summed E-state index contributed by atoms with van der Waals surface area (Å²) in [4.78, 5) is 21.5. The van der Waals surface area contributed by atoms with E-state index in [2.05, 4.69) is 0 Å². The third-order valence-electron chi connectivity index (χ3n) is 8.46. The number of hydrogen-bond acceptors (Lipinski definition) is 12. The average molecular weight is 915 g/mol. The average Bonchev–Trinajstić information content (AvgIpc) is 3.22. The van der Waals surface area contributed by atoms with E-state index in [0.29, 0.717) is 17.2 Å². The number of halogens is 4. The summed E-state index contributed by atoms with van der Waals surface area (Å²) in [5.41, 5.74) is 3.62. The van der Waals surface area contributed by atoms with Gasteiger partial charge in [0.15, 0.2) is 22.3 Å². The van der Waals surface area contributed by atoms with Gasteiger partial charge < -0.3 is 37.9 Å². The Morgan fingerprint density at radius 3 is 1.06 bits per heavy atom. The van der Waals surface area contributed by atoms with Crippen molar-refractivity contribution in [2.75, 3.05) is 39.6 Å². The molecule has 0 heterocycles. The van der Waals surface area contributed by atoms with E-state index in [-0.39, 0.29) is 33.0 Å². The van der Waals surface area contributed by atoms with E-state index in [1.165, 1.54) is 0 Å². The monoisotopic (exact) mass is 914 g/mol. The Balaban J connectivity index is 1.30. The fourth-order valence-electron chi connectivity index (χ4n) is 5.73. The predicted molar refractivity (Wildman–Crippen MR) is 225 cm³/mol. The SMILES string of the molecule is CC(C)(C)OC(=O)OCCOc1ccc(-c2cc(-c3ccc(OCCOC(=O)OC(C)(C)C)cc3)cc(-c3ccc(OCCOc4c(F)c(F)c(S(=O)(=O)O)c(F)c4F)cc3)c2)cc1. The maximum atomic E-state index is 14.4. The van der Waals surface area contributed by atoms with Crippen molar-refractivity contribution < 1.29 is 78.0 Å². The normalized spacial score (nSPS) is 11.7. The molecule has 342 valence electrons. The van der Waals surface area contributed by atoms with Crippen LogP contribution in [-0.4, -0.2) is 76.1 Å². The maximum absolute atomic E-state index is 14.4. The molecule has 5 rings (SSSR count). The third-order valence-corrected chi connectivity index (χ3v) is 9.33. The summed E-state index contributed by atoms with van der Waals surface area (Å²) < 4.78 is 131. The van der Waals surface area contributed by atoms with Crippen LogP contribution < -0.4 is 18.9 Å². The van der Waals surface area contributed by atoms with Crippen molar-refractivity contribution in [1.29, 1.82) is 0 Å². The summed E-state index contributed by atoms with van der Waals surface area (Å²) in [5, 5.41) is 0. The molecule has 18 heteroatoms. The summed E-state index contributed by atoms with van der Waals surface area (Å²) in [7, 11) is -5.62. The lowest BCUT2D eigenvalue weighted by atomic mass is 9.93. The topological polar surface area (TPSA) is 162 Å². The van der Waals surface area contributed by atoms with Crippen molar-refractivity contribution >= 4 is 22.4 Å². The zero-order valence-corrected chi connectivity index (χ0v) is 36.5. The van der Waals surface area contributed by atoms with Gasteiger partial charge in [0, 0.05) is 0 Å². The van der Waals surface area contributed by atoms with Gasteiger partial charge in [0.1, 0.15) is 68.1 Å². The Morgan fingerprint density at radius 2 is 0.766 bits per heavy atom. The molecule has 0 aromatic heterocycles. The van der Waals surface area contributed by atoms with Crippen LogP contribution in [0.1, 0.15) is 41.5 Å². The largest absolute Gasteiger partial charge is 0.508 e. The van der Waals surface area contributed by atoms with Gasteiger partial charge in [-0.25, -0.2) is 18.4 Å². The van der Waals surface area contributed by atoms with Crippen LogP contribution in [0.5, 0.6) is 23.0 Å². The summed E-state index contributed by atoms with van der Waals surface area (Å²) in [6.07, 6.45) is -1.58. The minimum Gasteiger partial charge on any atom is -0.490 e. The van der Waals surface area contributed by atoms with Crippen LogP contribution in [0.2, 0.25) is 0 Å². The van der Waals surface area contributed by atoms with Gasteiger partial charge in [-0.15, -0.1) is 0 Å². The summed E-state index contributed by atoms with van der Waals surface area (Å²) in [5.74, 6) is -9.08. The number of carbonyl (C=O) groups is 2. The Labute approximate surface area is 367 Å². The van der Waals surface area contributed by atoms with E-state index in [4.69, 9.17) is 42.4 Å². The van der Waals surface area contributed by atoms with Crippen LogP contribution in [0.25, 0.3) is 33.4 Å². The molecule has 0 amide bonds. The smallest absolute Gasteiger partial charge is 0.490 e. The molecule has 5 aromatic carbocycles. The molecule has 0 bridgehead atoms. The molecule has 64 heavy (non-hydrogen) atoms. The van der Waals surface area contributed by atoms with E-state index in [1.54, 1.807) is 90.1 Å². The molecule has 5 aromatic rings. The van der Waals surface area contributed by atoms with Crippen molar-refractivity contribution in [2.24, 2.45) is 0 Å². The third kappa shape index (κ3) is 14.0. The highest BCUT2D eigenvalue weighted by molar-refractivity contribution is 7.85. The summed E-state index contributed by atoms with van der Waals surface area (Å²) >= 11 is 0. The lowest BCUT2D eigenvalue weighted by Crippen LogP contribution is -2.25. The van der Waals surface area contributed by atoms with E-state index in [9.17, 15) is 35.6 Å². The van der Waals surface area contributed by atoms with Crippen LogP contribution in [0.4, 0.5) is 27.2 Å². The highest BCUT2D eigenvalue weighted by atomic mass is 32.2. The molecule has 13 nitrogen and oxygen atoms in total. The van der Waals surface area contributed by atoms with Crippen LogP contribution in [0.3, 0.4) is 0 Å². The number of benzene rings is 5. The molecule has 0 aliphatic rings. The van der Waals surface area contributed by atoms with E-state index >= 15 is 0 Å². The van der Waals surface area contributed by atoms with Gasteiger partial charge in [0.05, 0.1) is 0 Å². The van der Waals surface area contributed by atoms with Crippen LogP contribution in [0, 0.1) is 23.3 Å². The standard InChI is InChI=1S/C46H46F4O13S/c1-45(2,3)62-43(51)60-23-20-57-35-15-9-29(10-16-35)32-25-31(26-33(27-32)30-11-17-36(18-12-30)58-21-24-61-44(52)63-46(4,5)6)28-7-13-34(14-8-28)56-19-22-59-41-37(47)39(49)42(64(53,54)55)40(50)38(41)48/h7-18,25-27H,19-24H2,1-6H3,(H,53,54,55). The highest BCUT2D eigenvalue weighted by Gasteiger charge is 2.33. The summed E-state index contributed by atoms with van der Waals surface area (Å²) in [6.45, 7) is 9.65. The first-order valence-electron chi connectivity index (χ1n) is 19.6. The second-order valence-corrected chi connectivity index (χ2v) is 17.1. The van der Waals surface area contributed by atoms with Gasteiger partial charge in [-0.2, -0.15) is 17.2 Å². The Morgan fingerprint density at radius 1 is 0.469 bits per heavy atom. The molecule has 0 atom stereocenters. The first kappa shape index (κ1) is 48.5. The number of hydrogen-bond donors (Lipinski definition) is 1. The van der Waals surface area contributed by atoms with Crippen molar-refractivity contribution in [1.82, 2.24) is 0 Å². The zero-order chi connectivity index (χ0) is 46.8. The van der Waals surface area contributed by atoms with Crippen molar-refractivity contribution in [3.8, 4) is 56.4 Å². The van der Waals surface area contributed by atoms with Crippen molar-refractivity contribution in [3.05, 3.63) is 114 Å². The molecule has 0 fully saturated rings. The molecule has 1 N–H and O–H groups in total. The van der Waals surface area contributed by atoms with E-state index in [0.717, 1.165) is 33.4 Å². The Hall–Kier alpha value is -6.53.